The number of nitrogens with zero attached hydrogens (tertiary/aromatic N) is 3. The molecule has 0 amide bonds. The first-order chi connectivity index (χ1) is 7.25. The number of unbranched alkanes of at least 4 members (excludes halogenated alkanes) is 3. The van der Waals surface area contributed by atoms with E-state index in [4.69, 9.17) is 0 Å². The first-order valence-corrected chi connectivity index (χ1v) is 5.23. The van der Waals surface area contributed by atoms with Crippen LogP contribution in [-0.2, 0) is 0 Å². The van der Waals surface area contributed by atoms with Crippen LogP contribution in [-0.4, -0.2) is 21.4 Å². The van der Waals surface area contributed by atoms with Crippen LogP contribution in [0.5, 0.6) is 11.8 Å². The highest BCUT2D eigenvalue weighted by Crippen LogP contribution is 2.20. The Balaban J connectivity index is 2.32. The molecule has 5 heteroatoms. The molecule has 0 atom stereocenters. The summed E-state index contributed by atoms with van der Waals surface area (Å²) in [5, 5.41) is 26.0. The molecular formula is C10H17N3O2. The Bertz CT molecular complexity index is 301. The van der Waals surface area contributed by atoms with Gasteiger partial charge in [0, 0.05) is 12.1 Å². The molecule has 84 valence electrons. The smallest absolute Gasteiger partial charge is 0.217 e. The zero-order chi connectivity index (χ0) is 11.1. The van der Waals surface area contributed by atoms with Crippen molar-refractivity contribution in [2.24, 2.45) is 10.3 Å². The monoisotopic (exact) mass is 211 g/mol. The van der Waals surface area contributed by atoms with Crippen molar-refractivity contribution in [1.82, 2.24) is 4.68 Å². The molecule has 0 aliphatic rings. The van der Waals surface area contributed by atoms with Crippen molar-refractivity contribution in [1.29, 1.82) is 0 Å². The molecule has 0 spiro atoms. The Labute approximate surface area is 89.0 Å². The molecule has 5 nitrogen and oxygen atoms in total. The largest absolute Gasteiger partial charge is 0.493 e. The third kappa shape index (κ3) is 3.61. The van der Waals surface area contributed by atoms with Crippen molar-refractivity contribution < 1.29 is 10.2 Å². The number of aromatic hydroxyl groups is 2. The van der Waals surface area contributed by atoms with Gasteiger partial charge < -0.3 is 10.2 Å². The zero-order valence-electron chi connectivity index (χ0n) is 8.93. The molecule has 0 saturated heterocycles. The van der Waals surface area contributed by atoms with E-state index >= 15 is 0 Å². The Hall–Kier alpha value is -1.52. The third-order valence-corrected chi connectivity index (χ3v) is 2.08. The van der Waals surface area contributed by atoms with E-state index in [0.29, 0.717) is 6.54 Å². The summed E-state index contributed by atoms with van der Waals surface area (Å²) in [4.78, 5) is 0. The molecule has 0 aliphatic carbocycles. The third-order valence-electron chi connectivity index (χ3n) is 2.08. The van der Waals surface area contributed by atoms with Gasteiger partial charge in [0.2, 0.25) is 11.8 Å². The van der Waals surface area contributed by atoms with Gasteiger partial charge in [-0.2, -0.15) is 5.11 Å². The molecule has 2 N–H and O–H groups in total. The van der Waals surface area contributed by atoms with Crippen LogP contribution in [0.2, 0.25) is 0 Å². The summed E-state index contributed by atoms with van der Waals surface area (Å²) in [7, 11) is 0. The van der Waals surface area contributed by atoms with Gasteiger partial charge >= 0.3 is 0 Å². The number of hydrogen-bond donors (Lipinski definition) is 2. The minimum absolute atomic E-state index is 0.107. The Kier molecular flexibility index (Phi) is 4.66. The fraction of sp³-hybridized carbons (Fsp3) is 0.600. The van der Waals surface area contributed by atoms with Gasteiger partial charge in [-0.05, 0) is 6.42 Å². The van der Waals surface area contributed by atoms with E-state index in [1.807, 2.05) is 0 Å². The highest BCUT2D eigenvalue weighted by Gasteiger charge is 2.02. The first-order valence-electron chi connectivity index (χ1n) is 5.23. The van der Waals surface area contributed by atoms with E-state index in [2.05, 4.69) is 17.3 Å². The molecule has 0 bridgehead atoms. The minimum atomic E-state index is -0.107. The van der Waals surface area contributed by atoms with Gasteiger partial charge in [0.1, 0.15) is 0 Å². The van der Waals surface area contributed by atoms with Gasteiger partial charge in [-0.3, -0.25) is 0 Å². The SMILES string of the molecule is CCCCCCN=Nn1c(O)ccc1O. The van der Waals surface area contributed by atoms with Crippen molar-refractivity contribution in [2.45, 2.75) is 32.6 Å². The van der Waals surface area contributed by atoms with Gasteiger partial charge in [-0.1, -0.05) is 31.4 Å². The lowest BCUT2D eigenvalue weighted by Gasteiger charge is -1.97. The predicted octanol–water partition coefficient (Wildman–Crippen LogP) is 2.69. The maximum Gasteiger partial charge on any atom is 0.217 e. The van der Waals surface area contributed by atoms with Gasteiger partial charge in [0.25, 0.3) is 0 Å². The lowest BCUT2D eigenvalue weighted by molar-refractivity contribution is 0.376. The number of rotatable bonds is 6. The molecule has 0 saturated carbocycles. The van der Waals surface area contributed by atoms with Crippen LogP contribution in [0.25, 0.3) is 0 Å². The average Bonchev–Trinajstić information content (AvgIpc) is 2.54. The van der Waals surface area contributed by atoms with E-state index in [1.54, 1.807) is 0 Å². The fourth-order valence-corrected chi connectivity index (χ4v) is 1.22. The maximum atomic E-state index is 9.22. The van der Waals surface area contributed by atoms with Crippen molar-refractivity contribution in [3.05, 3.63) is 12.1 Å². The summed E-state index contributed by atoms with van der Waals surface area (Å²) in [5.74, 6) is -0.213. The van der Waals surface area contributed by atoms with E-state index in [-0.39, 0.29) is 11.8 Å². The van der Waals surface area contributed by atoms with Crippen molar-refractivity contribution >= 4 is 0 Å². The van der Waals surface area contributed by atoms with Crippen LogP contribution < -0.4 is 0 Å². The summed E-state index contributed by atoms with van der Waals surface area (Å²) in [6, 6.07) is 2.73. The van der Waals surface area contributed by atoms with E-state index < -0.39 is 0 Å². The number of aromatic nitrogens is 1. The van der Waals surface area contributed by atoms with Crippen LogP contribution in [0, 0.1) is 0 Å². The van der Waals surface area contributed by atoms with Crippen LogP contribution in [0.4, 0.5) is 0 Å². The van der Waals surface area contributed by atoms with Crippen molar-refractivity contribution in [3.8, 4) is 11.8 Å². The maximum absolute atomic E-state index is 9.22. The molecule has 0 aromatic carbocycles. The molecule has 0 fully saturated rings. The summed E-state index contributed by atoms with van der Waals surface area (Å²) in [6.07, 6.45) is 4.52. The topological polar surface area (TPSA) is 70.1 Å². The Morgan fingerprint density at radius 3 is 2.40 bits per heavy atom. The van der Waals surface area contributed by atoms with Crippen LogP contribution in [0.15, 0.2) is 22.5 Å². The van der Waals surface area contributed by atoms with Gasteiger partial charge in [-0.25, -0.2) is 0 Å². The van der Waals surface area contributed by atoms with Crippen molar-refractivity contribution in [3.63, 3.8) is 0 Å². The molecule has 0 radical (unpaired) electrons. The summed E-state index contributed by atoms with van der Waals surface area (Å²) in [6.45, 7) is 2.77. The second-order valence-corrected chi connectivity index (χ2v) is 3.38. The lowest BCUT2D eigenvalue weighted by atomic mass is 10.2. The van der Waals surface area contributed by atoms with E-state index in [9.17, 15) is 10.2 Å². The Morgan fingerprint density at radius 1 is 1.13 bits per heavy atom. The molecule has 0 aliphatic heterocycles. The normalized spacial score (nSPS) is 11.3. The van der Waals surface area contributed by atoms with Crippen LogP contribution in [0.3, 0.4) is 0 Å². The van der Waals surface area contributed by atoms with Gasteiger partial charge in [0.15, 0.2) is 0 Å². The highest BCUT2D eigenvalue weighted by atomic mass is 16.3. The standard InChI is InChI=1S/C10H17N3O2/c1-2-3-4-5-8-11-12-13-9(14)6-7-10(13)15/h6-7,14-15H,2-5,8H2,1H3. The molecular weight excluding hydrogens is 194 g/mol. The number of hydrogen-bond acceptors (Lipinski definition) is 4. The van der Waals surface area contributed by atoms with Crippen LogP contribution >= 0.6 is 0 Å². The highest BCUT2D eigenvalue weighted by molar-refractivity contribution is 5.22. The summed E-state index contributed by atoms with van der Waals surface area (Å²) >= 11 is 0. The predicted molar refractivity (Wildman–Crippen MR) is 57.0 cm³/mol. The average molecular weight is 211 g/mol. The van der Waals surface area contributed by atoms with E-state index in [0.717, 1.165) is 17.5 Å². The molecule has 1 aromatic heterocycles. The molecule has 1 heterocycles. The van der Waals surface area contributed by atoms with E-state index in [1.165, 1.54) is 25.0 Å². The second kappa shape index (κ2) is 6.06. The molecule has 0 unspecified atom stereocenters. The Morgan fingerprint density at radius 2 is 1.80 bits per heavy atom. The summed E-state index contributed by atoms with van der Waals surface area (Å²) < 4.78 is 1.000. The van der Waals surface area contributed by atoms with Gasteiger partial charge in [-0.15, -0.1) is 4.68 Å². The zero-order valence-corrected chi connectivity index (χ0v) is 8.93. The van der Waals surface area contributed by atoms with Crippen molar-refractivity contribution in [2.75, 3.05) is 6.54 Å². The first kappa shape index (κ1) is 11.6. The molecule has 1 rings (SSSR count). The quantitative estimate of drug-likeness (QED) is 0.561. The van der Waals surface area contributed by atoms with Gasteiger partial charge in [0.05, 0.1) is 6.54 Å². The molecule has 1 aromatic rings. The molecule has 15 heavy (non-hydrogen) atoms. The summed E-state index contributed by atoms with van der Waals surface area (Å²) in [5.41, 5.74) is 0. The van der Waals surface area contributed by atoms with Crippen LogP contribution in [0.1, 0.15) is 32.6 Å². The lowest BCUT2D eigenvalue weighted by Crippen LogP contribution is -1.87. The fourth-order valence-electron chi connectivity index (χ4n) is 1.22. The minimum Gasteiger partial charge on any atom is -0.493 e. The second-order valence-electron chi connectivity index (χ2n) is 3.38.